The Kier molecular flexibility index (Phi) is 1.99. The second-order valence-electron chi connectivity index (χ2n) is 2.55. The number of pyridine rings is 1. The van der Waals surface area contributed by atoms with Crippen molar-refractivity contribution < 1.29 is 0 Å². The molecule has 0 aliphatic rings. The van der Waals surface area contributed by atoms with E-state index in [1.54, 1.807) is 17.1 Å². The van der Waals surface area contributed by atoms with Crippen LogP contribution in [0.1, 0.15) is 6.92 Å². The van der Waals surface area contributed by atoms with E-state index in [-0.39, 0.29) is 0 Å². The fraction of sp³-hybridized carbons (Fsp3) is 0.250. The van der Waals surface area contributed by atoms with Gasteiger partial charge in [-0.05, 0) is 29.5 Å². The summed E-state index contributed by atoms with van der Waals surface area (Å²) in [6, 6.07) is 3.77. The third-order valence-electron chi connectivity index (χ3n) is 1.77. The molecule has 2 heterocycles. The van der Waals surface area contributed by atoms with Crippen molar-refractivity contribution >= 4 is 0 Å². The van der Waals surface area contributed by atoms with Crippen LogP contribution in [0.2, 0.25) is 0 Å². The molecular formula is C8H9N5. The van der Waals surface area contributed by atoms with Crippen molar-refractivity contribution in [2.45, 2.75) is 13.5 Å². The van der Waals surface area contributed by atoms with E-state index in [9.17, 15) is 0 Å². The minimum absolute atomic E-state index is 0.769. The van der Waals surface area contributed by atoms with E-state index in [1.807, 2.05) is 19.1 Å². The first-order chi connectivity index (χ1) is 6.42. The van der Waals surface area contributed by atoms with Gasteiger partial charge in [0.1, 0.15) is 0 Å². The SMILES string of the molecule is CCn1nnnc1-c1ccncc1. The molecule has 0 aromatic carbocycles. The quantitative estimate of drug-likeness (QED) is 0.676. The summed E-state index contributed by atoms with van der Waals surface area (Å²) < 4.78 is 1.75. The molecule has 0 fully saturated rings. The van der Waals surface area contributed by atoms with E-state index in [1.165, 1.54) is 0 Å². The Hall–Kier alpha value is -1.78. The Morgan fingerprint density at radius 2 is 2.08 bits per heavy atom. The van der Waals surface area contributed by atoms with Crippen LogP contribution in [0.25, 0.3) is 11.4 Å². The standard InChI is InChI=1S/C8H9N5/c1-2-13-8(10-11-12-13)7-3-5-9-6-4-7/h3-6H,2H2,1H3. The number of nitrogens with zero attached hydrogens (tertiary/aromatic N) is 5. The van der Waals surface area contributed by atoms with E-state index >= 15 is 0 Å². The van der Waals surface area contributed by atoms with E-state index in [0.29, 0.717) is 0 Å². The minimum atomic E-state index is 0.769. The van der Waals surface area contributed by atoms with Crippen molar-refractivity contribution in [3.05, 3.63) is 24.5 Å². The van der Waals surface area contributed by atoms with E-state index < -0.39 is 0 Å². The fourth-order valence-electron chi connectivity index (χ4n) is 1.13. The number of tetrazole rings is 1. The molecule has 2 aromatic heterocycles. The Balaban J connectivity index is 2.47. The summed E-state index contributed by atoms with van der Waals surface area (Å²) in [4.78, 5) is 3.93. The lowest BCUT2D eigenvalue weighted by atomic mass is 10.2. The summed E-state index contributed by atoms with van der Waals surface area (Å²) in [5.74, 6) is 0.782. The number of hydrogen-bond donors (Lipinski definition) is 0. The molecule has 5 nitrogen and oxygen atoms in total. The van der Waals surface area contributed by atoms with Gasteiger partial charge in [-0.3, -0.25) is 4.98 Å². The van der Waals surface area contributed by atoms with Crippen LogP contribution >= 0.6 is 0 Å². The Bertz CT molecular complexity index is 380. The summed E-state index contributed by atoms with van der Waals surface area (Å²) in [5.41, 5.74) is 0.988. The van der Waals surface area contributed by atoms with Crippen LogP contribution in [-0.2, 0) is 6.54 Å². The van der Waals surface area contributed by atoms with Gasteiger partial charge >= 0.3 is 0 Å². The second kappa shape index (κ2) is 3.30. The van der Waals surface area contributed by atoms with Crippen LogP contribution in [0.5, 0.6) is 0 Å². The van der Waals surface area contributed by atoms with Crippen LogP contribution in [0.3, 0.4) is 0 Å². The smallest absolute Gasteiger partial charge is 0.182 e. The molecule has 0 aliphatic carbocycles. The van der Waals surface area contributed by atoms with Crippen LogP contribution < -0.4 is 0 Å². The molecule has 0 aliphatic heterocycles. The monoisotopic (exact) mass is 175 g/mol. The molecule has 2 rings (SSSR count). The molecule has 0 amide bonds. The van der Waals surface area contributed by atoms with Gasteiger partial charge in [0.25, 0.3) is 0 Å². The molecule has 0 N–H and O–H groups in total. The summed E-state index contributed by atoms with van der Waals surface area (Å²) >= 11 is 0. The van der Waals surface area contributed by atoms with Gasteiger partial charge in [-0.2, -0.15) is 0 Å². The summed E-state index contributed by atoms with van der Waals surface area (Å²) in [5, 5.41) is 11.4. The Morgan fingerprint density at radius 1 is 1.31 bits per heavy atom. The summed E-state index contributed by atoms with van der Waals surface area (Å²) in [6.45, 7) is 2.77. The number of aromatic nitrogens is 5. The van der Waals surface area contributed by atoms with Crippen molar-refractivity contribution in [1.82, 2.24) is 25.2 Å². The molecular weight excluding hydrogens is 166 g/mol. The van der Waals surface area contributed by atoms with Gasteiger partial charge < -0.3 is 0 Å². The topological polar surface area (TPSA) is 56.5 Å². The van der Waals surface area contributed by atoms with E-state index in [2.05, 4.69) is 20.5 Å². The van der Waals surface area contributed by atoms with Gasteiger partial charge in [0.2, 0.25) is 0 Å². The molecule has 0 unspecified atom stereocenters. The molecule has 0 spiro atoms. The molecule has 5 heteroatoms. The highest BCUT2D eigenvalue weighted by molar-refractivity contribution is 5.52. The first-order valence-corrected chi connectivity index (χ1v) is 4.08. The highest BCUT2D eigenvalue weighted by atomic mass is 15.5. The Labute approximate surface area is 75.4 Å². The molecule has 2 aromatic rings. The van der Waals surface area contributed by atoms with Crippen LogP contribution in [0.15, 0.2) is 24.5 Å². The predicted octanol–water partition coefficient (Wildman–Crippen LogP) is 0.755. The van der Waals surface area contributed by atoms with E-state index in [4.69, 9.17) is 0 Å². The zero-order valence-electron chi connectivity index (χ0n) is 7.25. The molecule has 66 valence electrons. The molecule has 0 saturated heterocycles. The first-order valence-electron chi connectivity index (χ1n) is 4.08. The van der Waals surface area contributed by atoms with E-state index in [0.717, 1.165) is 17.9 Å². The summed E-state index contributed by atoms with van der Waals surface area (Å²) in [6.07, 6.45) is 3.45. The largest absolute Gasteiger partial charge is 0.265 e. The van der Waals surface area contributed by atoms with Crippen molar-refractivity contribution in [2.24, 2.45) is 0 Å². The maximum atomic E-state index is 3.93. The van der Waals surface area contributed by atoms with Crippen molar-refractivity contribution in [2.75, 3.05) is 0 Å². The zero-order valence-corrected chi connectivity index (χ0v) is 7.25. The van der Waals surface area contributed by atoms with Gasteiger partial charge in [0.15, 0.2) is 5.82 Å². The maximum Gasteiger partial charge on any atom is 0.182 e. The van der Waals surface area contributed by atoms with Crippen molar-refractivity contribution in [3.63, 3.8) is 0 Å². The van der Waals surface area contributed by atoms with Crippen LogP contribution in [-0.4, -0.2) is 25.2 Å². The highest BCUT2D eigenvalue weighted by Gasteiger charge is 2.05. The van der Waals surface area contributed by atoms with Crippen molar-refractivity contribution in [3.8, 4) is 11.4 Å². The molecule has 0 saturated carbocycles. The van der Waals surface area contributed by atoms with Crippen LogP contribution in [0, 0.1) is 0 Å². The number of hydrogen-bond acceptors (Lipinski definition) is 4. The van der Waals surface area contributed by atoms with Crippen LogP contribution in [0.4, 0.5) is 0 Å². The lowest BCUT2D eigenvalue weighted by Crippen LogP contribution is -1.99. The summed E-state index contributed by atoms with van der Waals surface area (Å²) in [7, 11) is 0. The van der Waals surface area contributed by atoms with Gasteiger partial charge in [0.05, 0.1) is 0 Å². The predicted molar refractivity (Wildman–Crippen MR) is 46.7 cm³/mol. The maximum absolute atomic E-state index is 3.93. The average molecular weight is 175 g/mol. The highest BCUT2D eigenvalue weighted by Crippen LogP contribution is 2.12. The Morgan fingerprint density at radius 3 is 2.77 bits per heavy atom. The van der Waals surface area contributed by atoms with Crippen molar-refractivity contribution in [1.29, 1.82) is 0 Å². The van der Waals surface area contributed by atoms with Gasteiger partial charge in [-0.15, -0.1) is 5.10 Å². The fourth-order valence-corrected chi connectivity index (χ4v) is 1.13. The normalized spacial score (nSPS) is 10.2. The second-order valence-corrected chi connectivity index (χ2v) is 2.55. The minimum Gasteiger partial charge on any atom is -0.265 e. The average Bonchev–Trinajstić information content (AvgIpc) is 2.67. The number of rotatable bonds is 2. The zero-order chi connectivity index (χ0) is 9.10. The first kappa shape index (κ1) is 7.85. The van der Waals surface area contributed by atoms with Gasteiger partial charge in [-0.1, -0.05) is 0 Å². The molecule has 13 heavy (non-hydrogen) atoms. The molecule has 0 radical (unpaired) electrons. The van der Waals surface area contributed by atoms with Gasteiger partial charge in [-0.25, -0.2) is 4.68 Å². The lowest BCUT2D eigenvalue weighted by Gasteiger charge is -1.99. The third kappa shape index (κ3) is 1.40. The lowest BCUT2D eigenvalue weighted by molar-refractivity contribution is 0.631. The van der Waals surface area contributed by atoms with Gasteiger partial charge in [0, 0.05) is 24.5 Å². The third-order valence-corrected chi connectivity index (χ3v) is 1.77. The molecule has 0 atom stereocenters. The molecule has 0 bridgehead atoms. The number of aryl methyl sites for hydroxylation is 1.